The van der Waals surface area contributed by atoms with Crippen LogP contribution in [-0.2, 0) is 16.0 Å². The molecule has 1 saturated heterocycles. The van der Waals surface area contributed by atoms with Crippen LogP contribution >= 0.6 is 0 Å². The topological polar surface area (TPSA) is 123 Å². The lowest BCUT2D eigenvalue weighted by Crippen LogP contribution is -3.08. The summed E-state index contributed by atoms with van der Waals surface area (Å²) in [5.74, 6) is -3.89. The molecule has 1 aliphatic heterocycles. The summed E-state index contributed by atoms with van der Waals surface area (Å²) in [4.78, 5) is 33.7. The highest BCUT2D eigenvalue weighted by molar-refractivity contribution is 5.90. The molecule has 1 heterocycles. The Hall–Kier alpha value is -2.82. The zero-order valence-corrected chi connectivity index (χ0v) is 20.3. The second-order valence-corrected chi connectivity index (χ2v) is 9.06. The molecule has 0 saturated carbocycles. The molecule has 1 aliphatic rings. The lowest BCUT2D eigenvalue weighted by molar-refractivity contribution is -0.868. The summed E-state index contributed by atoms with van der Waals surface area (Å²) in [6, 6.07) is 7.62. The normalized spacial score (nSPS) is 19.4. The first-order chi connectivity index (χ1) is 16.4. The van der Waals surface area contributed by atoms with Crippen molar-refractivity contribution < 1.29 is 42.7 Å². The van der Waals surface area contributed by atoms with Crippen LogP contribution in [0.4, 0.5) is 23.7 Å². The van der Waals surface area contributed by atoms with E-state index in [1.807, 2.05) is 19.2 Å². The number of carboxylic acids is 2. The maximum atomic E-state index is 12.4. The van der Waals surface area contributed by atoms with E-state index >= 15 is 0 Å². The maximum Gasteiger partial charge on any atom is 0.430 e. The van der Waals surface area contributed by atoms with Crippen LogP contribution in [0.5, 0.6) is 0 Å². The van der Waals surface area contributed by atoms with Crippen LogP contribution < -0.4 is 20.6 Å². The number of alkyl halides is 3. The quantitative estimate of drug-likeness (QED) is 0.345. The number of carbonyl (C=O) groups excluding carboxylic acids is 2. The molecule has 2 rings (SSSR count). The molecule has 0 bridgehead atoms. The number of likely N-dealkylation sites (N-methyl/N-ethyl adjacent to an activating group) is 1. The van der Waals surface area contributed by atoms with Crippen LogP contribution in [0.2, 0.25) is 0 Å². The van der Waals surface area contributed by atoms with Crippen molar-refractivity contribution in [2.24, 2.45) is 0 Å². The first kappa shape index (κ1) is 30.2. The monoisotopic (exact) mass is 503 g/mol. The number of halogens is 3. The summed E-state index contributed by atoms with van der Waals surface area (Å²) in [6.45, 7) is 3.72. The van der Waals surface area contributed by atoms with Crippen molar-refractivity contribution >= 4 is 23.7 Å². The van der Waals surface area contributed by atoms with Crippen molar-refractivity contribution in [2.45, 2.75) is 76.4 Å². The van der Waals surface area contributed by atoms with Crippen LogP contribution in [0.3, 0.4) is 0 Å². The molecule has 4 N–H and O–H groups in total. The third-order valence-electron chi connectivity index (χ3n) is 5.80. The fourth-order valence-corrected chi connectivity index (χ4v) is 4.07. The van der Waals surface area contributed by atoms with Gasteiger partial charge in [-0.2, -0.15) is 13.2 Å². The van der Waals surface area contributed by atoms with Crippen LogP contribution in [0.25, 0.3) is 0 Å². The van der Waals surface area contributed by atoms with Gasteiger partial charge in [0.05, 0.1) is 20.0 Å². The largest absolute Gasteiger partial charge is 0.542 e. The van der Waals surface area contributed by atoms with Gasteiger partial charge in [0, 0.05) is 12.1 Å². The zero-order valence-electron chi connectivity index (χ0n) is 20.3. The molecule has 0 aromatic heterocycles. The summed E-state index contributed by atoms with van der Waals surface area (Å²) in [5.41, 5.74) is 1.34. The lowest BCUT2D eigenvalue weighted by Gasteiger charge is -2.26. The summed E-state index contributed by atoms with van der Waals surface area (Å²) in [5, 5.41) is 23.8. The van der Waals surface area contributed by atoms with Crippen molar-refractivity contribution in [3.05, 3.63) is 29.8 Å². The van der Waals surface area contributed by atoms with Crippen LogP contribution in [0, 0.1) is 0 Å². The number of quaternary nitrogens is 1. The second kappa shape index (κ2) is 14.6. The number of urea groups is 1. The Morgan fingerprint density at radius 1 is 1.09 bits per heavy atom. The highest BCUT2D eigenvalue weighted by atomic mass is 19.4. The number of carboxylic acid groups (broad SMARTS) is 2. The highest BCUT2D eigenvalue weighted by Crippen LogP contribution is 2.18. The molecule has 0 aliphatic carbocycles. The van der Waals surface area contributed by atoms with Crippen molar-refractivity contribution in [1.82, 2.24) is 5.32 Å². The molecule has 35 heavy (non-hydrogen) atoms. The molecule has 1 aromatic carbocycles. The number of nitrogens with one attached hydrogen (secondary N) is 3. The van der Waals surface area contributed by atoms with E-state index in [0.717, 1.165) is 18.7 Å². The SMILES string of the molecule is CCCCCCCCc1ccc(NC(=O)NC2(CC(=O)O)CC[NH+](C)C2)cc1.O=C([O-])C(F)(F)F. The average molecular weight is 504 g/mol. The van der Waals surface area contributed by atoms with Crippen molar-refractivity contribution in [3.8, 4) is 0 Å². The average Bonchev–Trinajstić information content (AvgIpc) is 3.10. The van der Waals surface area contributed by atoms with Crippen molar-refractivity contribution in [3.63, 3.8) is 0 Å². The molecule has 8 nitrogen and oxygen atoms in total. The van der Waals surface area contributed by atoms with E-state index in [4.69, 9.17) is 9.90 Å². The van der Waals surface area contributed by atoms with E-state index < -0.39 is 23.7 Å². The Morgan fingerprint density at radius 2 is 1.66 bits per heavy atom. The number of unbranched alkanes of at least 4 members (excludes halogenated alkanes) is 5. The van der Waals surface area contributed by atoms with Gasteiger partial charge >= 0.3 is 18.2 Å². The summed E-state index contributed by atoms with van der Waals surface area (Å²) in [6.07, 6.45) is 4.21. The van der Waals surface area contributed by atoms with Gasteiger partial charge in [0.2, 0.25) is 0 Å². The summed E-state index contributed by atoms with van der Waals surface area (Å²) in [7, 11) is 2.02. The van der Waals surface area contributed by atoms with Gasteiger partial charge in [-0.25, -0.2) is 4.79 Å². The minimum absolute atomic E-state index is 0.0467. The number of carbonyl (C=O) groups is 3. The van der Waals surface area contributed by atoms with Gasteiger partial charge in [0.15, 0.2) is 0 Å². The Bertz CT molecular complexity index is 818. The molecular weight excluding hydrogens is 467 g/mol. The summed E-state index contributed by atoms with van der Waals surface area (Å²) >= 11 is 0. The number of likely N-dealkylation sites (tertiary alicyclic amines) is 1. The van der Waals surface area contributed by atoms with Gasteiger partial charge in [-0.1, -0.05) is 51.2 Å². The van der Waals surface area contributed by atoms with Gasteiger partial charge in [0.1, 0.15) is 18.1 Å². The number of hydrogen-bond donors (Lipinski definition) is 4. The molecule has 0 radical (unpaired) electrons. The molecule has 1 fully saturated rings. The third kappa shape index (κ3) is 12.4. The Morgan fingerprint density at radius 3 is 2.14 bits per heavy atom. The first-order valence-electron chi connectivity index (χ1n) is 11.9. The van der Waals surface area contributed by atoms with Crippen LogP contribution in [0.1, 0.15) is 63.9 Å². The van der Waals surface area contributed by atoms with E-state index in [1.165, 1.54) is 49.0 Å². The van der Waals surface area contributed by atoms with E-state index in [2.05, 4.69) is 29.7 Å². The summed E-state index contributed by atoms with van der Waals surface area (Å²) < 4.78 is 31.5. The van der Waals surface area contributed by atoms with E-state index in [-0.39, 0.29) is 12.5 Å². The number of hydrogen-bond acceptors (Lipinski definition) is 4. The molecule has 198 valence electrons. The predicted octanol–water partition coefficient (Wildman–Crippen LogP) is 2.14. The molecule has 0 spiro atoms. The third-order valence-corrected chi connectivity index (χ3v) is 5.80. The standard InChI is InChI=1S/C22H35N3O3.C2HF3O2/c1-3-4-5-6-7-8-9-18-10-12-19(13-11-18)23-21(28)24-22(16-20(26)27)14-15-25(2)17-22;3-2(4,5)1(6)7/h10-13H,3-9,14-17H2,1-2H3,(H,26,27)(H2,23,24,28);(H,6,7). The fraction of sp³-hybridized carbons (Fsp3) is 0.625. The predicted molar refractivity (Wildman–Crippen MR) is 123 cm³/mol. The van der Waals surface area contributed by atoms with E-state index in [9.17, 15) is 27.9 Å². The Kier molecular flexibility index (Phi) is 12.6. The molecule has 11 heteroatoms. The number of anilines is 1. The molecular formula is C24H36F3N3O5. The van der Waals surface area contributed by atoms with Gasteiger partial charge < -0.3 is 30.5 Å². The Balaban J connectivity index is 0.000000762. The number of amides is 2. The van der Waals surface area contributed by atoms with E-state index in [1.54, 1.807) is 0 Å². The van der Waals surface area contributed by atoms with Gasteiger partial charge in [-0.3, -0.25) is 4.79 Å². The zero-order chi connectivity index (χ0) is 26.5. The number of aryl methyl sites for hydroxylation is 1. The number of rotatable bonds is 11. The minimum Gasteiger partial charge on any atom is -0.542 e. The lowest BCUT2D eigenvalue weighted by atomic mass is 9.94. The fourth-order valence-electron chi connectivity index (χ4n) is 4.07. The molecule has 2 unspecified atom stereocenters. The van der Waals surface area contributed by atoms with Gasteiger partial charge in [-0.05, 0) is 30.5 Å². The molecule has 2 amide bonds. The van der Waals surface area contributed by atoms with Crippen molar-refractivity contribution in [1.29, 1.82) is 0 Å². The molecule has 1 aromatic rings. The maximum absolute atomic E-state index is 12.4. The minimum atomic E-state index is -5.19. The van der Waals surface area contributed by atoms with Crippen molar-refractivity contribution in [2.75, 3.05) is 25.5 Å². The number of aliphatic carboxylic acids is 2. The highest BCUT2D eigenvalue weighted by Gasteiger charge is 2.43. The van der Waals surface area contributed by atoms with Gasteiger partial charge in [0.25, 0.3) is 0 Å². The molecule has 2 atom stereocenters. The smallest absolute Gasteiger partial charge is 0.430 e. The first-order valence-corrected chi connectivity index (χ1v) is 11.9. The van der Waals surface area contributed by atoms with Gasteiger partial charge in [-0.15, -0.1) is 0 Å². The van der Waals surface area contributed by atoms with Crippen LogP contribution in [-0.4, -0.2) is 54.9 Å². The van der Waals surface area contributed by atoms with Crippen LogP contribution in [0.15, 0.2) is 24.3 Å². The Labute approximate surface area is 203 Å². The number of benzene rings is 1. The second-order valence-electron chi connectivity index (χ2n) is 9.06. The van der Waals surface area contributed by atoms with E-state index in [0.29, 0.717) is 13.0 Å².